The molecular weight excluding hydrogens is 290 g/mol. The Labute approximate surface area is 139 Å². The van der Waals surface area contributed by atoms with Crippen molar-refractivity contribution in [2.75, 3.05) is 46.3 Å². The molecule has 23 heavy (non-hydrogen) atoms. The van der Waals surface area contributed by atoms with Crippen LogP contribution in [0.5, 0.6) is 5.75 Å². The van der Waals surface area contributed by atoms with Gasteiger partial charge in [-0.3, -0.25) is 4.79 Å². The Balaban J connectivity index is 1.62. The SMILES string of the molecule is Cc1cccc(O[C@@H](C)C(=O)NCCCN2CCN(C)CC2)c1. The number of carbonyl (C=O) groups is 1. The Morgan fingerprint density at radius 1 is 1.30 bits per heavy atom. The number of benzene rings is 1. The van der Waals surface area contributed by atoms with Crippen LogP contribution in [0.1, 0.15) is 18.9 Å². The van der Waals surface area contributed by atoms with Crippen LogP contribution in [-0.2, 0) is 4.79 Å². The first kappa shape index (κ1) is 17.8. The number of ether oxygens (including phenoxy) is 1. The molecule has 0 bridgehead atoms. The largest absolute Gasteiger partial charge is 0.481 e. The molecule has 1 N–H and O–H groups in total. The molecule has 1 saturated heterocycles. The Kier molecular flexibility index (Phi) is 6.86. The van der Waals surface area contributed by atoms with Gasteiger partial charge in [0.05, 0.1) is 0 Å². The van der Waals surface area contributed by atoms with E-state index in [2.05, 4.69) is 22.2 Å². The molecule has 1 amide bonds. The van der Waals surface area contributed by atoms with Crippen molar-refractivity contribution in [1.29, 1.82) is 0 Å². The normalized spacial score (nSPS) is 17.7. The van der Waals surface area contributed by atoms with Crippen molar-refractivity contribution >= 4 is 5.91 Å². The molecule has 2 rings (SSSR count). The molecular formula is C18H29N3O2. The summed E-state index contributed by atoms with van der Waals surface area (Å²) in [6.07, 6.45) is 0.507. The number of rotatable bonds is 7. The zero-order chi connectivity index (χ0) is 16.7. The minimum Gasteiger partial charge on any atom is -0.481 e. The highest BCUT2D eigenvalue weighted by molar-refractivity contribution is 5.80. The van der Waals surface area contributed by atoms with Crippen molar-refractivity contribution in [2.45, 2.75) is 26.4 Å². The minimum atomic E-state index is -0.472. The third-order valence-electron chi connectivity index (χ3n) is 4.22. The summed E-state index contributed by atoms with van der Waals surface area (Å²) in [7, 11) is 2.16. The van der Waals surface area contributed by atoms with E-state index in [1.165, 1.54) is 0 Å². The highest BCUT2D eigenvalue weighted by Gasteiger charge is 2.15. The topological polar surface area (TPSA) is 44.8 Å². The van der Waals surface area contributed by atoms with E-state index in [0.29, 0.717) is 6.54 Å². The van der Waals surface area contributed by atoms with Crippen LogP contribution in [0.4, 0.5) is 0 Å². The van der Waals surface area contributed by atoms with Gasteiger partial charge in [0, 0.05) is 32.7 Å². The van der Waals surface area contributed by atoms with Crippen LogP contribution in [-0.4, -0.2) is 68.1 Å². The van der Waals surface area contributed by atoms with Crippen molar-refractivity contribution in [3.63, 3.8) is 0 Å². The van der Waals surface area contributed by atoms with Gasteiger partial charge >= 0.3 is 0 Å². The number of carbonyl (C=O) groups excluding carboxylic acids is 1. The monoisotopic (exact) mass is 319 g/mol. The van der Waals surface area contributed by atoms with Crippen LogP contribution in [0.2, 0.25) is 0 Å². The summed E-state index contributed by atoms with van der Waals surface area (Å²) in [5.41, 5.74) is 1.13. The number of nitrogens with one attached hydrogen (secondary N) is 1. The maximum atomic E-state index is 12.1. The molecule has 0 saturated carbocycles. The maximum absolute atomic E-state index is 12.1. The van der Waals surface area contributed by atoms with Gasteiger partial charge in [-0.25, -0.2) is 0 Å². The molecule has 1 aromatic rings. The second-order valence-corrected chi connectivity index (χ2v) is 6.37. The molecule has 0 radical (unpaired) electrons. The fraction of sp³-hybridized carbons (Fsp3) is 0.611. The third kappa shape index (κ3) is 6.20. The van der Waals surface area contributed by atoms with Crippen LogP contribution in [0.3, 0.4) is 0 Å². The van der Waals surface area contributed by atoms with Crippen LogP contribution in [0.15, 0.2) is 24.3 Å². The molecule has 1 aliphatic heterocycles. The smallest absolute Gasteiger partial charge is 0.260 e. The van der Waals surface area contributed by atoms with E-state index in [4.69, 9.17) is 4.74 Å². The number of hydrogen-bond donors (Lipinski definition) is 1. The number of piperazine rings is 1. The van der Waals surface area contributed by atoms with Crippen molar-refractivity contribution in [1.82, 2.24) is 15.1 Å². The van der Waals surface area contributed by atoms with Gasteiger partial charge in [0.1, 0.15) is 5.75 Å². The fourth-order valence-corrected chi connectivity index (χ4v) is 2.68. The second kappa shape index (κ2) is 8.89. The lowest BCUT2D eigenvalue weighted by Crippen LogP contribution is -2.45. The van der Waals surface area contributed by atoms with Crippen molar-refractivity contribution in [2.24, 2.45) is 0 Å². The van der Waals surface area contributed by atoms with Crippen LogP contribution < -0.4 is 10.1 Å². The Bertz CT molecular complexity index is 499. The van der Waals surface area contributed by atoms with E-state index in [1.54, 1.807) is 6.92 Å². The highest BCUT2D eigenvalue weighted by Crippen LogP contribution is 2.14. The summed E-state index contributed by atoms with van der Waals surface area (Å²) in [5.74, 6) is 0.690. The van der Waals surface area contributed by atoms with E-state index in [0.717, 1.165) is 50.5 Å². The Morgan fingerprint density at radius 3 is 2.74 bits per heavy atom. The molecule has 1 fully saturated rings. The molecule has 128 valence electrons. The first-order chi connectivity index (χ1) is 11.0. The van der Waals surface area contributed by atoms with Crippen molar-refractivity contribution < 1.29 is 9.53 Å². The van der Waals surface area contributed by atoms with Gasteiger partial charge in [-0.1, -0.05) is 12.1 Å². The standard InChI is InChI=1S/C18H29N3O2/c1-15-6-4-7-17(14-15)23-16(2)18(22)19-8-5-9-21-12-10-20(3)11-13-21/h4,6-7,14,16H,5,8-13H2,1-3H3,(H,19,22)/t16-/m0/s1. The molecule has 0 unspecified atom stereocenters. The van der Waals surface area contributed by atoms with E-state index < -0.39 is 6.10 Å². The van der Waals surface area contributed by atoms with Crippen molar-refractivity contribution in [3.05, 3.63) is 29.8 Å². The predicted molar refractivity (Wildman–Crippen MR) is 92.8 cm³/mol. The van der Waals surface area contributed by atoms with Gasteiger partial charge in [0.25, 0.3) is 5.91 Å². The lowest BCUT2D eigenvalue weighted by atomic mass is 10.2. The molecule has 1 aromatic carbocycles. The predicted octanol–water partition coefficient (Wildman–Crippen LogP) is 1.52. The number of nitrogens with zero attached hydrogens (tertiary/aromatic N) is 2. The molecule has 0 aromatic heterocycles. The number of aryl methyl sites for hydroxylation is 1. The molecule has 5 heteroatoms. The average Bonchev–Trinajstić information content (AvgIpc) is 2.53. The molecule has 1 aliphatic rings. The molecule has 1 atom stereocenters. The summed E-state index contributed by atoms with van der Waals surface area (Å²) >= 11 is 0. The Hall–Kier alpha value is -1.59. The van der Waals surface area contributed by atoms with Gasteiger partial charge in [-0.15, -0.1) is 0 Å². The fourth-order valence-electron chi connectivity index (χ4n) is 2.68. The molecule has 5 nitrogen and oxygen atoms in total. The van der Waals surface area contributed by atoms with Gasteiger partial charge in [-0.2, -0.15) is 0 Å². The van der Waals surface area contributed by atoms with Gasteiger partial charge in [0.2, 0.25) is 0 Å². The lowest BCUT2D eigenvalue weighted by molar-refractivity contribution is -0.127. The van der Waals surface area contributed by atoms with Gasteiger partial charge in [0.15, 0.2) is 6.10 Å². The number of likely N-dealkylation sites (N-methyl/N-ethyl adjacent to an activating group) is 1. The van der Waals surface area contributed by atoms with E-state index >= 15 is 0 Å². The van der Waals surface area contributed by atoms with Gasteiger partial charge in [-0.05, 0) is 51.6 Å². The zero-order valence-electron chi connectivity index (χ0n) is 14.5. The van der Waals surface area contributed by atoms with E-state index in [9.17, 15) is 4.79 Å². The third-order valence-corrected chi connectivity index (χ3v) is 4.22. The van der Waals surface area contributed by atoms with Crippen molar-refractivity contribution in [3.8, 4) is 5.75 Å². The van der Waals surface area contributed by atoms with Gasteiger partial charge < -0.3 is 19.9 Å². The summed E-state index contributed by atoms with van der Waals surface area (Å²) in [6, 6.07) is 7.77. The number of amides is 1. The average molecular weight is 319 g/mol. The summed E-state index contributed by atoms with van der Waals surface area (Å²) in [5, 5.41) is 2.96. The first-order valence-electron chi connectivity index (χ1n) is 8.46. The molecule has 1 heterocycles. The quantitative estimate of drug-likeness (QED) is 0.774. The lowest BCUT2D eigenvalue weighted by Gasteiger charge is -2.32. The van der Waals surface area contributed by atoms with E-state index in [1.807, 2.05) is 31.2 Å². The maximum Gasteiger partial charge on any atom is 0.260 e. The summed E-state index contributed by atoms with van der Waals surface area (Å²) in [6.45, 7) is 10.1. The number of hydrogen-bond acceptors (Lipinski definition) is 4. The summed E-state index contributed by atoms with van der Waals surface area (Å²) < 4.78 is 5.69. The van der Waals surface area contributed by atoms with E-state index in [-0.39, 0.29) is 5.91 Å². The summed E-state index contributed by atoms with van der Waals surface area (Å²) in [4.78, 5) is 16.9. The minimum absolute atomic E-state index is 0.0510. The molecule has 0 spiro atoms. The Morgan fingerprint density at radius 2 is 2.04 bits per heavy atom. The second-order valence-electron chi connectivity index (χ2n) is 6.37. The van der Waals surface area contributed by atoms with Crippen LogP contribution in [0, 0.1) is 6.92 Å². The van der Waals surface area contributed by atoms with Crippen LogP contribution >= 0.6 is 0 Å². The molecule has 0 aliphatic carbocycles. The highest BCUT2D eigenvalue weighted by atomic mass is 16.5. The van der Waals surface area contributed by atoms with Crippen LogP contribution in [0.25, 0.3) is 0 Å². The first-order valence-corrected chi connectivity index (χ1v) is 8.46. The zero-order valence-corrected chi connectivity index (χ0v) is 14.5.